The lowest BCUT2D eigenvalue weighted by Crippen LogP contribution is -2.48. The van der Waals surface area contributed by atoms with Crippen LogP contribution in [0.2, 0.25) is 0 Å². The Morgan fingerprint density at radius 3 is 3.05 bits per heavy atom. The van der Waals surface area contributed by atoms with Gasteiger partial charge in [-0.2, -0.15) is 0 Å². The molecule has 1 aliphatic rings. The van der Waals surface area contributed by atoms with Crippen molar-refractivity contribution in [2.75, 3.05) is 33.4 Å². The van der Waals surface area contributed by atoms with E-state index in [1.165, 1.54) is 6.33 Å². The van der Waals surface area contributed by atoms with Gasteiger partial charge in [0.15, 0.2) is 0 Å². The predicted octanol–water partition coefficient (Wildman–Crippen LogP) is 0.969. The van der Waals surface area contributed by atoms with Crippen LogP contribution in [-0.4, -0.2) is 59.3 Å². The Morgan fingerprint density at radius 2 is 2.45 bits per heavy atom. The highest BCUT2D eigenvalue weighted by atomic mass is 16.5. The van der Waals surface area contributed by atoms with E-state index in [-0.39, 0.29) is 17.9 Å². The molecule has 1 fully saturated rings. The van der Waals surface area contributed by atoms with Crippen LogP contribution in [0.25, 0.3) is 0 Å². The summed E-state index contributed by atoms with van der Waals surface area (Å²) in [6.07, 6.45) is 4.13. The van der Waals surface area contributed by atoms with Gasteiger partial charge < -0.3 is 19.7 Å². The van der Waals surface area contributed by atoms with Crippen LogP contribution >= 0.6 is 0 Å². The summed E-state index contributed by atoms with van der Waals surface area (Å²) in [5, 5.41) is 9.74. The summed E-state index contributed by atoms with van der Waals surface area (Å²) >= 11 is 0. The third kappa shape index (κ3) is 3.02. The van der Waals surface area contributed by atoms with Crippen LogP contribution in [0.5, 0.6) is 0 Å². The average molecular weight is 281 g/mol. The number of hydrogen-bond donors (Lipinski definition) is 2. The van der Waals surface area contributed by atoms with E-state index in [4.69, 9.17) is 4.74 Å². The number of aliphatic hydroxyl groups is 1. The number of imidazole rings is 1. The monoisotopic (exact) mass is 281 g/mol. The quantitative estimate of drug-likeness (QED) is 0.843. The van der Waals surface area contributed by atoms with Crippen LogP contribution in [-0.2, 0) is 4.74 Å². The van der Waals surface area contributed by atoms with Crippen molar-refractivity contribution < 1.29 is 14.6 Å². The molecule has 2 rings (SSSR count). The van der Waals surface area contributed by atoms with Crippen molar-refractivity contribution in [1.29, 1.82) is 0 Å². The van der Waals surface area contributed by atoms with Crippen LogP contribution in [0.3, 0.4) is 0 Å². The molecule has 0 bridgehead atoms. The van der Waals surface area contributed by atoms with Crippen molar-refractivity contribution in [2.45, 2.75) is 26.2 Å². The second-order valence-corrected chi connectivity index (χ2v) is 5.61. The normalized spacial score (nSPS) is 23.1. The topological polar surface area (TPSA) is 78.5 Å². The fourth-order valence-electron chi connectivity index (χ4n) is 2.84. The van der Waals surface area contributed by atoms with E-state index < -0.39 is 0 Å². The number of likely N-dealkylation sites (tertiary alicyclic amines) is 1. The third-order valence-electron chi connectivity index (χ3n) is 4.15. The lowest BCUT2D eigenvalue weighted by atomic mass is 9.78. The number of ether oxygens (including phenoxy) is 1. The molecule has 1 amide bonds. The molecule has 2 N–H and O–H groups in total. The second kappa shape index (κ2) is 6.37. The molecule has 1 aromatic rings. The SMILES string of the molecule is COCCC1(CO)CCCN(C(=O)c2nc[nH]c2C)C1. The van der Waals surface area contributed by atoms with Crippen LogP contribution in [0.1, 0.15) is 35.4 Å². The van der Waals surface area contributed by atoms with E-state index in [1.807, 2.05) is 6.92 Å². The summed E-state index contributed by atoms with van der Waals surface area (Å²) in [5.74, 6) is -0.0568. The number of aromatic nitrogens is 2. The minimum Gasteiger partial charge on any atom is -0.396 e. The summed E-state index contributed by atoms with van der Waals surface area (Å²) < 4.78 is 5.13. The predicted molar refractivity (Wildman–Crippen MR) is 74.5 cm³/mol. The molecule has 1 aliphatic heterocycles. The molecular weight excluding hydrogens is 258 g/mol. The number of rotatable bonds is 5. The van der Waals surface area contributed by atoms with E-state index >= 15 is 0 Å². The third-order valence-corrected chi connectivity index (χ3v) is 4.15. The Kier molecular flexibility index (Phi) is 4.77. The van der Waals surface area contributed by atoms with E-state index in [2.05, 4.69) is 9.97 Å². The Balaban J connectivity index is 2.09. The minimum absolute atomic E-state index is 0.0568. The number of aromatic amines is 1. The van der Waals surface area contributed by atoms with Gasteiger partial charge in [0.2, 0.25) is 0 Å². The Labute approximate surface area is 119 Å². The van der Waals surface area contributed by atoms with Gasteiger partial charge in [-0.25, -0.2) is 4.98 Å². The van der Waals surface area contributed by atoms with E-state index in [1.54, 1.807) is 12.0 Å². The first kappa shape index (κ1) is 15.0. The van der Waals surface area contributed by atoms with Gasteiger partial charge in [0.25, 0.3) is 5.91 Å². The van der Waals surface area contributed by atoms with Gasteiger partial charge in [0.1, 0.15) is 5.69 Å². The van der Waals surface area contributed by atoms with Crippen LogP contribution < -0.4 is 0 Å². The van der Waals surface area contributed by atoms with E-state index in [9.17, 15) is 9.90 Å². The molecule has 6 nitrogen and oxygen atoms in total. The number of aryl methyl sites for hydroxylation is 1. The van der Waals surface area contributed by atoms with Crippen LogP contribution in [0, 0.1) is 12.3 Å². The Morgan fingerprint density at radius 1 is 1.65 bits per heavy atom. The van der Waals surface area contributed by atoms with Crippen molar-refractivity contribution in [2.24, 2.45) is 5.41 Å². The molecule has 0 aromatic carbocycles. The molecular formula is C14H23N3O3. The number of piperidine rings is 1. The fraction of sp³-hybridized carbons (Fsp3) is 0.714. The molecule has 6 heteroatoms. The van der Waals surface area contributed by atoms with Crippen molar-refractivity contribution >= 4 is 5.91 Å². The highest BCUT2D eigenvalue weighted by Gasteiger charge is 2.37. The molecule has 1 atom stereocenters. The first-order valence-electron chi connectivity index (χ1n) is 7.01. The number of carbonyl (C=O) groups is 1. The van der Waals surface area contributed by atoms with Gasteiger partial charge in [-0.3, -0.25) is 4.79 Å². The zero-order valence-corrected chi connectivity index (χ0v) is 12.2. The molecule has 1 unspecified atom stereocenters. The molecule has 112 valence electrons. The molecule has 1 saturated heterocycles. The van der Waals surface area contributed by atoms with Crippen molar-refractivity contribution in [3.63, 3.8) is 0 Å². The number of nitrogens with zero attached hydrogens (tertiary/aromatic N) is 2. The summed E-state index contributed by atoms with van der Waals surface area (Å²) in [6, 6.07) is 0. The number of amides is 1. The van der Waals surface area contributed by atoms with Crippen molar-refractivity contribution in [3.8, 4) is 0 Å². The summed E-state index contributed by atoms with van der Waals surface area (Å²) in [5.41, 5.74) is 1.02. The van der Waals surface area contributed by atoms with Gasteiger partial charge in [-0.15, -0.1) is 0 Å². The highest BCUT2D eigenvalue weighted by molar-refractivity contribution is 5.93. The number of nitrogens with one attached hydrogen (secondary N) is 1. The first-order valence-corrected chi connectivity index (χ1v) is 7.01. The smallest absolute Gasteiger partial charge is 0.274 e. The zero-order valence-electron chi connectivity index (χ0n) is 12.2. The molecule has 0 saturated carbocycles. The van der Waals surface area contributed by atoms with Gasteiger partial charge in [-0.1, -0.05) is 0 Å². The number of H-pyrrole nitrogens is 1. The Hall–Kier alpha value is -1.40. The Bertz CT molecular complexity index is 460. The maximum Gasteiger partial charge on any atom is 0.274 e. The van der Waals surface area contributed by atoms with Crippen LogP contribution in [0.4, 0.5) is 0 Å². The first-order chi connectivity index (χ1) is 9.62. The standard InChI is InChI=1S/C14H23N3O3/c1-11-12(16-10-15-11)13(19)17-6-3-4-14(8-17,9-18)5-7-20-2/h10,18H,3-9H2,1-2H3,(H,15,16). The van der Waals surface area contributed by atoms with Gasteiger partial charge in [0, 0.05) is 37.9 Å². The van der Waals surface area contributed by atoms with Crippen molar-refractivity contribution in [3.05, 3.63) is 17.7 Å². The minimum atomic E-state index is -0.242. The molecule has 1 aromatic heterocycles. The summed E-state index contributed by atoms with van der Waals surface area (Å²) in [6.45, 7) is 3.82. The molecule has 20 heavy (non-hydrogen) atoms. The second-order valence-electron chi connectivity index (χ2n) is 5.61. The summed E-state index contributed by atoms with van der Waals surface area (Å²) in [4.78, 5) is 21.3. The highest BCUT2D eigenvalue weighted by Crippen LogP contribution is 2.33. The lowest BCUT2D eigenvalue weighted by Gasteiger charge is -2.41. The molecule has 2 heterocycles. The number of aliphatic hydroxyl groups excluding tert-OH is 1. The van der Waals surface area contributed by atoms with Gasteiger partial charge in [-0.05, 0) is 26.2 Å². The molecule has 0 aliphatic carbocycles. The molecule has 0 radical (unpaired) electrons. The maximum atomic E-state index is 12.5. The fourth-order valence-corrected chi connectivity index (χ4v) is 2.84. The number of carbonyl (C=O) groups excluding carboxylic acids is 1. The lowest BCUT2D eigenvalue weighted by molar-refractivity contribution is 0.00872. The van der Waals surface area contributed by atoms with Gasteiger partial charge >= 0.3 is 0 Å². The number of methoxy groups -OCH3 is 1. The van der Waals surface area contributed by atoms with E-state index in [0.29, 0.717) is 18.8 Å². The summed E-state index contributed by atoms with van der Waals surface area (Å²) in [7, 11) is 1.66. The van der Waals surface area contributed by atoms with Gasteiger partial charge in [0.05, 0.1) is 12.9 Å². The zero-order chi connectivity index (χ0) is 14.6. The average Bonchev–Trinajstić information content (AvgIpc) is 2.90. The van der Waals surface area contributed by atoms with Crippen LogP contribution in [0.15, 0.2) is 6.33 Å². The molecule has 0 spiro atoms. The number of hydrogen-bond acceptors (Lipinski definition) is 4. The largest absolute Gasteiger partial charge is 0.396 e. The maximum absolute atomic E-state index is 12.5. The van der Waals surface area contributed by atoms with E-state index in [0.717, 1.165) is 31.5 Å². The van der Waals surface area contributed by atoms with Crippen molar-refractivity contribution in [1.82, 2.24) is 14.9 Å².